The summed E-state index contributed by atoms with van der Waals surface area (Å²) in [6.07, 6.45) is 0. The summed E-state index contributed by atoms with van der Waals surface area (Å²) in [6.45, 7) is 7.59. The Labute approximate surface area is 209 Å². The summed E-state index contributed by atoms with van der Waals surface area (Å²) in [5.74, 6) is 0.941. The standard InChI is InChI=1S/C28H27N7O/c1-19-12-13-22-24(18-19)35-26(31-32-28(35)30-27(36)21-9-4-3-5-10-21)25(29-22)34-16-14-33(15-17-34)23-11-7-6-8-20(23)2/h3-13,18H,14-17H2,1-2H3,(H,30,32,36). The van der Waals surface area contributed by atoms with Crippen LogP contribution in [0.4, 0.5) is 17.5 Å². The van der Waals surface area contributed by atoms with E-state index in [1.807, 2.05) is 41.7 Å². The van der Waals surface area contributed by atoms with E-state index in [1.54, 1.807) is 12.1 Å². The predicted octanol–water partition coefficient (Wildman–Crippen LogP) is 4.47. The summed E-state index contributed by atoms with van der Waals surface area (Å²) < 4.78 is 1.92. The van der Waals surface area contributed by atoms with Crippen LogP contribution in [0.2, 0.25) is 0 Å². The highest BCUT2D eigenvalue weighted by Crippen LogP contribution is 2.29. The molecule has 5 aromatic rings. The molecule has 1 saturated heterocycles. The van der Waals surface area contributed by atoms with Crippen molar-refractivity contribution in [1.82, 2.24) is 19.6 Å². The number of hydrogen-bond donors (Lipinski definition) is 1. The SMILES string of the molecule is Cc1ccc2nc(N3CCN(c4ccccc4C)CC3)c3nnc(NC(=O)c4ccccc4)n3c2c1. The molecule has 8 nitrogen and oxygen atoms in total. The Kier molecular flexibility index (Phi) is 5.48. The first kappa shape index (κ1) is 22.0. The van der Waals surface area contributed by atoms with E-state index in [9.17, 15) is 4.79 Å². The number of fused-ring (bicyclic) bond motifs is 3. The second-order valence-corrected chi connectivity index (χ2v) is 9.19. The van der Waals surface area contributed by atoms with Crippen LogP contribution in [0.3, 0.4) is 0 Å². The first-order valence-corrected chi connectivity index (χ1v) is 12.2. The minimum atomic E-state index is -0.226. The molecule has 1 fully saturated rings. The molecule has 0 radical (unpaired) electrons. The largest absolute Gasteiger partial charge is 0.368 e. The number of aromatic nitrogens is 4. The smallest absolute Gasteiger partial charge is 0.258 e. The van der Waals surface area contributed by atoms with Crippen LogP contribution < -0.4 is 15.1 Å². The second kappa shape index (κ2) is 8.96. The van der Waals surface area contributed by atoms with Gasteiger partial charge in [-0.2, -0.15) is 0 Å². The zero-order valence-corrected chi connectivity index (χ0v) is 20.3. The number of nitrogens with zero attached hydrogens (tertiary/aromatic N) is 6. The second-order valence-electron chi connectivity index (χ2n) is 9.19. The Morgan fingerprint density at radius 3 is 2.33 bits per heavy atom. The molecule has 6 rings (SSSR count). The summed E-state index contributed by atoms with van der Waals surface area (Å²) in [6, 6.07) is 23.7. The Morgan fingerprint density at radius 2 is 1.56 bits per heavy atom. The van der Waals surface area contributed by atoms with Gasteiger partial charge >= 0.3 is 0 Å². The molecule has 1 aliphatic rings. The van der Waals surface area contributed by atoms with Gasteiger partial charge in [0.1, 0.15) is 0 Å². The lowest BCUT2D eigenvalue weighted by atomic mass is 10.1. The minimum absolute atomic E-state index is 0.226. The molecule has 0 atom stereocenters. The van der Waals surface area contributed by atoms with Gasteiger partial charge in [0.15, 0.2) is 5.82 Å². The van der Waals surface area contributed by atoms with Crippen molar-refractivity contribution in [3.8, 4) is 0 Å². The number of carbonyl (C=O) groups excluding carboxylic acids is 1. The van der Waals surface area contributed by atoms with E-state index in [-0.39, 0.29) is 5.91 Å². The number of benzene rings is 3. The molecule has 0 unspecified atom stereocenters. The molecule has 2 aromatic heterocycles. The first-order valence-electron chi connectivity index (χ1n) is 12.2. The van der Waals surface area contributed by atoms with Gasteiger partial charge in [-0.15, -0.1) is 10.2 Å². The van der Waals surface area contributed by atoms with Crippen LogP contribution in [-0.2, 0) is 0 Å². The van der Waals surface area contributed by atoms with Crippen molar-refractivity contribution in [3.63, 3.8) is 0 Å². The third-order valence-corrected chi connectivity index (χ3v) is 6.76. The van der Waals surface area contributed by atoms with Crippen LogP contribution in [0, 0.1) is 13.8 Å². The molecule has 8 heteroatoms. The van der Waals surface area contributed by atoms with Gasteiger partial charge < -0.3 is 9.80 Å². The molecule has 1 amide bonds. The van der Waals surface area contributed by atoms with Crippen molar-refractivity contribution in [2.24, 2.45) is 0 Å². The molecule has 0 aliphatic carbocycles. The van der Waals surface area contributed by atoms with Crippen LogP contribution in [0.15, 0.2) is 72.8 Å². The molecule has 1 aliphatic heterocycles. The summed E-state index contributed by atoms with van der Waals surface area (Å²) in [7, 11) is 0. The van der Waals surface area contributed by atoms with Gasteiger partial charge in [-0.3, -0.25) is 14.5 Å². The maximum atomic E-state index is 12.9. The molecule has 3 aromatic carbocycles. The maximum absolute atomic E-state index is 12.9. The van der Waals surface area contributed by atoms with E-state index >= 15 is 0 Å². The van der Waals surface area contributed by atoms with Crippen LogP contribution in [-0.4, -0.2) is 51.7 Å². The van der Waals surface area contributed by atoms with E-state index in [4.69, 9.17) is 4.98 Å². The van der Waals surface area contributed by atoms with Crippen LogP contribution >= 0.6 is 0 Å². The minimum Gasteiger partial charge on any atom is -0.368 e. The van der Waals surface area contributed by atoms with Crippen molar-refractivity contribution in [1.29, 1.82) is 0 Å². The molecule has 0 bridgehead atoms. The van der Waals surface area contributed by atoms with Gasteiger partial charge in [-0.1, -0.05) is 42.5 Å². The maximum Gasteiger partial charge on any atom is 0.258 e. The summed E-state index contributed by atoms with van der Waals surface area (Å²) in [4.78, 5) is 22.6. The fourth-order valence-corrected chi connectivity index (χ4v) is 4.86. The first-order chi connectivity index (χ1) is 17.6. The zero-order valence-electron chi connectivity index (χ0n) is 20.3. The highest BCUT2D eigenvalue weighted by atomic mass is 16.1. The summed E-state index contributed by atoms with van der Waals surface area (Å²) in [5.41, 5.74) is 6.55. The monoisotopic (exact) mass is 477 g/mol. The molecule has 1 N–H and O–H groups in total. The molecule has 36 heavy (non-hydrogen) atoms. The molecule has 0 spiro atoms. The van der Waals surface area contributed by atoms with E-state index in [1.165, 1.54) is 11.3 Å². The Hall–Kier alpha value is -4.46. The molecular weight excluding hydrogens is 450 g/mol. The number of amides is 1. The van der Waals surface area contributed by atoms with E-state index in [0.29, 0.717) is 17.2 Å². The van der Waals surface area contributed by atoms with E-state index < -0.39 is 0 Å². The number of anilines is 3. The van der Waals surface area contributed by atoms with Crippen molar-refractivity contribution in [2.45, 2.75) is 13.8 Å². The van der Waals surface area contributed by atoms with Crippen LogP contribution in [0.25, 0.3) is 16.7 Å². The number of aryl methyl sites for hydroxylation is 2. The highest BCUT2D eigenvalue weighted by Gasteiger charge is 2.25. The number of carbonyl (C=O) groups is 1. The normalized spacial score (nSPS) is 13.9. The number of nitrogens with one attached hydrogen (secondary N) is 1. The number of piperazine rings is 1. The van der Waals surface area contributed by atoms with Gasteiger partial charge in [-0.25, -0.2) is 4.98 Å². The quantitative estimate of drug-likeness (QED) is 0.411. The number of rotatable bonds is 4. The van der Waals surface area contributed by atoms with Crippen molar-refractivity contribution in [2.75, 3.05) is 41.3 Å². The molecule has 0 saturated carbocycles. The van der Waals surface area contributed by atoms with Gasteiger partial charge in [0.2, 0.25) is 11.6 Å². The van der Waals surface area contributed by atoms with Crippen LogP contribution in [0.5, 0.6) is 0 Å². The van der Waals surface area contributed by atoms with Gasteiger partial charge in [-0.05, 0) is 55.3 Å². The Bertz CT molecular complexity index is 1570. The average Bonchev–Trinajstić information content (AvgIpc) is 3.33. The van der Waals surface area contributed by atoms with E-state index in [0.717, 1.165) is 48.6 Å². The number of hydrogen-bond acceptors (Lipinski definition) is 6. The Morgan fingerprint density at radius 1 is 0.833 bits per heavy atom. The summed E-state index contributed by atoms with van der Waals surface area (Å²) in [5, 5.41) is 11.8. The molecule has 180 valence electrons. The fourth-order valence-electron chi connectivity index (χ4n) is 4.86. The highest BCUT2D eigenvalue weighted by molar-refractivity contribution is 6.04. The van der Waals surface area contributed by atoms with Crippen molar-refractivity contribution >= 4 is 40.0 Å². The Balaban J connectivity index is 1.37. The topological polar surface area (TPSA) is 78.7 Å². The van der Waals surface area contributed by atoms with Gasteiger partial charge in [0.05, 0.1) is 11.0 Å². The zero-order chi connectivity index (χ0) is 24.6. The third-order valence-electron chi connectivity index (χ3n) is 6.76. The lowest BCUT2D eigenvalue weighted by molar-refractivity contribution is 0.102. The lowest BCUT2D eigenvalue weighted by Crippen LogP contribution is -2.47. The van der Waals surface area contributed by atoms with Crippen molar-refractivity contribution < 1.29 is 4.79 Å². The molecular formula is C28H27N7O. The number of para-hydroxylation sites is 1. The van der Waals surface area contributed by atoms with Crippen LogP contribution in [0.1, 0.15) is 21.5 Å². The van der Waals surface area contributed by atoms with Gasteiger partial charge in [0, 0.05) is 37.4 Å². The lowest BCUT2D eigenvalue weighted by Gasteiger charge is -2.37. The average molecular weight is 478 g/mol. The molecule has 3 heterocycles. The van der Waals surface area contributed by atoms with Gasteiger partial charge in [0.25, 0.3) is 5.91 Å². The van der Waals surface area contributed by atoms with E-state index in [2.05, 4.69) is 62.6 Å². The summed E-state index contributed by atoms with van der Waals surface area (Å²) >= 11 is 0. The van der Waals surface area contributed by atoms with Crippen molar-refractivity contribution in [3.05, 3.63) is 89.5 Å². The fraction of sp³-hybridized carbons (Fsp3) is 0.214. The third kappa shape index (κ3) is 3.90. The predicted molar refractivity (Wildman–Crippen MR) is 143 cm³/mol.